The second-order valence-corrected chi connectivity index (χ2v) is 4.57. The summed E-state index contributed by atoms with van der Waals surface area (Å²) in [7, 11) is 0. The van der Waals surface area contributed by atoms with Gasteiger partial charge < -0.3 is 14.9 Å². The van der Waals surface area contributed by atoms with Crippen LogP contribution in [-0.2, 0) is 4.74 Å². The Morgan fingerprint density at radius 1 is 1.38 bits per heavy atom. The van der Waals surface area contributed by atoms with E-state index in [0.717, 1.165) is 19.4 Å². The molecule has 2 N–H and O–H groups in total. The van der Waals surface area contributed by atoms with Crippen molar-refractivity contribution in [1.29, 1.82) is 0 Å². The molecule has 2 unspecified atom stereocenters. The molecule has 1 heterocycles. The minimum atomic E-state index is 0.146. The van der Waals surface area contributed by atoms with Crippen LogP contribution >= 0.6 is 11.8 Å². The highest BCUT2D eigenvalue weighted by Crippen LogP contribution is 2.23. The zero-order valence-electron chi connectivity index (χ0n) is 7.82. The molecule has 0 amide bonds. The Kier molecular flexibility index (Phi) is 5.78. The van der Waals surface area contributed by atoms with E-state index in [9.17, 15) is 0 Å². The minimum Gasteiger partial charge on any atom is -0.396 e. The molecule has 0 aromatic carbocycles. The van der Waals surface area contributed by atoms with E-state index in [2.05, 4.69) is 0 Å². The zero-order chi connectivity index (χ0) is 9.52. The first kappa shape index (κ1) is 11.3. The molecule has 0 radical (unpaired) electrons. The predicted molar refractivity (Wildman–Crippen MR) is 54.0 cm³/mol. The van der Waals surface area contributed by atoms with Crippen molar-refractivity contribution in [2.24, 2.45) is 0 Å². The van der Waals surface area contributed by atoms with Crippen LogP contribution in [0.1, 0.15) is 19.3 Å². The number of rotatable bonds is 5. The van der Waals surface area contributed by atoms with E-state index in [4.69, 9.17) is 14.9 Å². The molecule has 1 aliphatic rings. The molecule has 1 aliphatic heterocycles. The lowest BCUT2D eigenvalue weighted by molar-refractivity contribution is 0.00658. The van der Waals surface area contributed by atoms with Gasteiger partial charge in [-0.2, -0.15) is 11.8 Å². The maximum atomic E-state index is 9.12. The number of thioether (sulfide) groups is 1. The summed E-state index contributed by atoms with van der Waals surface area (Å²) in [6.45, 7) is 1.14. The minimum absolute atomic E-state index is 0.146. The fourth-order valence-corrected chi connectivity index (χ4v) is 2.48. The van der Waals surface area contributed by atoms with Crippen molar-refractivity contribution < 1.29 is 14.9 Å². The molecular weight excluding hydrogens is 188 g/mol. The van der Waals surface area contributed by atoms with Crippen molar-refractivity contribution >= 4 is 11.8 Å². The molecule has 0 aromatic rings. The van der Waals surface area contributed by atoms with Crippen LogP contribution in [0.15, 0.2) is 0 Å². The van der Waals surface area contributed by atoms with Crippen LogP contribution < -0.4 is 0 Å². The van der Waals surface area contributed by atoms with E-state index in [1.807, 2.05) is 0 Å². The van der Waals surface area contributed by atoms with Gasteiger partial charge in [0.1, 0.15) is 0 Å². The maximum absolute atomic E-state index is 9.12. The highest BCUT2D eigenvalue weighted by atomic mass is 32.2. The summed E-state index contributed by atoms with van der Waals surface area (Å²) in [6, 6.07) is 0. The van der Waals surface area contributed by atoms with Gasteiger partial charge >= 0.3 is 0 Å². The van der Waals surface area contributed by atoms with Gasteiger partial charge in [0.2, 0.25) is 0 Å². The van der Waals surface area contributed by atoms with E-state index >= 15 is 0 Å². The smallest absolute Gasteiger partial charge is 0.0715 e. The fraction of sp³-hybridized carbons (Fsp3) is 1.00. The van der Waals surface area contributed by atoms with Gasteiger partial charge in [-0.15, -0.1) is 0 Å². The predicted octanol–water partition coefficient (Wildman–Crippen LogP) is 0.642. The molecule has 0 aliphatic carbocycles. The molecule has 0 spiro atoms. The lowest BCUT2D eigenvalue weighted by atomic mass is 10.1. The third-order valence-corrected chi connectivity index (χ3v) is 3.53. The van der Waals surface area contributed by atoms with E-state index in [1.54, 1.807) is 11.8 Å². The van der Waals surface area contributed by atoms with E-state index in [0.29, 0.717) is 5.75 Å². The lowest BCUT2D eigenvalue weighted by Crippen LogP contribution is -2.33. The summed E-state index contributed by atoms with van der Waals surface area (Å²) in [5.74, 6) is 0.686. The Bertz CT molecular complexity index is 126. The third kappa shape index (κ3) is 3.85. The van der Waals surface area contributed by atoms with Crippen LogP contribution in [-0.4, -0.2) is 47.1 Å². The first-order valence-electron chi connectivity index (χ1n) is 4.83. The molecule has 0 saturated carbocycles. The number of hydrogen-bond acceptors (Lipinski definition) is 4. The van der Waals surface area contributed by atoms with E-state index in [-0.39, 0.29) is 24.6 Å². The standard InChI is InChI=1S/C9H18O3S/c10-4-6-13-9(7-11)8-3-1-2-5-12-8/h8-11H,1-7H2. The van der Waals surface area contributed by atoms with Gasteiger partial charge in [-0.3, -0.25) is 0 Å². The van der Waals surface area contributed by atoms with Crippen LogP contribution in [0, 0.1) is 0 Å². The molecule has 3 nitrogen and oxygen atoms in total. The molecule has 1 rings (SSSR count). The molecule has 78 valence electrons. The highest BCUT2D eigenvalue weighted by Gasteiger charge is 2.23. The van der Waals surface area contributed by atoms with Crippen molar-refractivity contribution in [1.82, 2.24) is 0 Å². The number of ether oxygens (including phenoxy) is 1. The van der Waals surface area contributed by atoms with Gasteiger partial charge in [0.05, 0.1) is 24.6 Å². The van der Waals surface area contributed by atoms with Crippen LogP contribution in [0.5, 0.6) is 0 Å². The Hall–Kier alpha value is 0.230. The summed E-state index contributed by atoms with van der Waals surface area (Å²) in [6.07, 6.45) is 3.57. The Morgan fingerprint density at radius 2 is 2.23 bits per heavy atom. The first-order chi connectivity index (χ1) is 6.38. The molecular formula is C9H18O3S. The van der Waals surface area contributed by atoms with Gasteiger partial charge in [0.25, 0.3) is 0 Å². The molecule has 2 atom stereocenters. The quantitative estimate of drug-likeness (QED) is 0.693. The maximum Gasteiger partial charge on any atom is 0.0715 e. The summed E-state index contributed by atoms with van der Waals surface area (Å²) >= 11 is 1.60. The van der Waals surface area contributed by atoms with Crippen molar-refractivity contribution in [2.45, 2.75) is 30.6 Å². The van der Waals surface area contributed by atoms with E-state index < -0.39 is 0 Å². The summed E-state index contributed by atoms with van der Waals surface area (Å²) < 4.78 is 5.57. The second-order valence-electron chi connectivity index (χ2n) is 3.22. The van der Waals surface area contributed by atoms with Crippen LogP contribution in [0.3, 0.4) is 0 Å². The monoisotopic (exact) mass is 206 g/mol. The van der Waals surface area contributed by atoms with Gasteiger partial charge in [-0.1, -0.05) is 0 Å². The van der Waals surface area contributed by atoms with Crippen LogP contribution in [0.2, 0.25) is 0 Å². The SMILES string of the molecule is OCCSC(CO)C1CCCCO1. The van der Waals surface area contributed by atoms with Crippen LogP contribution in [0.25, 0.3) is 0 Å². The molecule has 1 saturated heterocycles. The van der Waals surface area contributed by atoms with Gasteiger partial charge in [-0.05, 0) is 19.3 Å². The molecule has 1 fully saturated rings. The van der Waals surface area contributed by atoms with Crippen molar-refractivity contribution in [3.63, 3.8) is 0 Å². The first-order valence-corrected chi connectivity index (χ1v) is 5.88. The summed E-state index contributed by atoms with van der Waals surface area (Å²) in [4.78, 5) is 0. The van der Waals surface area contributed by atoms with Crippen molar-refractivity contribution in [2.75, 3.05) is 25.6 Å². The van der Waals surface area contributed by atoms with Gasteiger partial charge in [-0.25, -0.2) is 0 Å². The molecule has 13 heavy (non-hydrogen) atoms. The number of hydrogen-bond donors (Lipinski definition) is 2. The Morgan fingerprint density at radius 3 is 2.77 bits per heavy atom. The Labute approximate surface area is 83.5 Å². The van der Waals surface area contributed by atoms with Gasteiger partial charge in [0, 0.05) is 12.4 Å². The zero-order valence-corrected chi connectivity index (χ0v) is 8.63. The second kappa shape index (κ2) is 6.65. The van der Waals surface area contributed by atoms with Crippen molar-refractivity contribution in [3.05, 3.63) is 0 Å². The fourth-order valence-electron chi connectivity index (χ4n) is 1.54. The molecule has 0 aromatic heterocycles. The Balaban J connectivity index is 2.26. The molecule has 0 bridgehead atoms. The molecule has 4 heteroatoms. The summed E-state index contributed by atoms with van der Waals surface area (Å²) in [5, 5.41) is 17.9. The van der Waals surface area contributed by atoms with Gasteiger partial charge in [0.15, 0.2) is 0 Å². The third-order valence-electron chi connectivity index (χ3n) is 2.23. The van der Waals surface area contributed by atoms with Crippen LogP contribution in [0.4, 0.5) is 0 Å². The average Bonchev–Trinajstić information content (AvgIpc) is 2.21. The van der Waals surface area contributed by atoms with E-state index in [1.165, 1.54) is 6.42 Å². The highest BCUT2D eigenvalue weighted by molar-refractivity contribution is 8.00. The largest absolute Gasteiger partial charge is 0.396 e. The lowest BCUT2D eigenvalue weighted by Gasteiger charge is -2.28. The number of aliphatic hydroxyl groups excluding tert-OH is 2. The average molecular weight is 206 g/mol. The topological polar surface area (TPSA) is 49.7 Å². The normalized spacial score (nSPS) is 25.8. The number of aliphatic hydroxyl groups is 2. The summed E-state index contributed by atoms with van der Waals surface area (Å²) in [5.41, 5.74) is 0. The van der Waals surface area contributed by atoms with Crippen molar-refractivity contribution in [3.8, 4) is 0 Å².